The van der Waals surface area contributed by atoms with Crippen molar-refractivity contribution in [3.63, 3.8) is 0 Å². The number of carbonyl (C=O) groups is 1. The lowest BCUT2D eigenvalue weighted by atomic mass is 10.1. The average molecular weight is 553 g/mol. The number of hydrogen-bond acceptors (Lipinski definition) is 6. The lowest BCUT2D eigenvalue weighted by molar-refractivity contribution is -0.154. The summed E-state index contributed by atoms with van der Waals surface area (Å²) in [4.78, 5) is 25.7. The summed E-state index contributed by atoms with van der Waals surface area (Å²) in [6, 6.07) is 29.1. The number of fused-ring (bicyclic) bond motifs is 1. The van der Waals surface area contributed by atoms with Gasteiger partial charge in [-0.1, -0.05) is 72.8 Å². The Labute approximate surface area is 231 Å². The van der Waals surface area contributed by atoms with E-state index in [4.69, 9.17) is 13.9 Å². The van der Waals surface area contributed by atoms with Crippen molar-refractivity contribution >= 4 is 23.0 Å². The first-order valence-electron chi connectivity index (χ1n) is 12.1. The number of esters is 1. The first kappa shape index (κ1) is 27.0. The van der Waals surface area contributed by atoms with Crippen LogP contribution in [0, 0.1) is 11.3 Å². The third kappa shape index (κ3) is 6.02. The van der Waals surface area contributed by atoms with Gasteiger partial charge in [0, 0.05) is 6.07 Å². The third-order valence-corrected chi connectivity index (χ3v) is 5.92. The first-order chi connectivity index (χ1) is 19.7. The van der Waals surface area contributed by atoms with Gasteiger partial charge in [-0.15, -0.1) is 0 Å². The Balaban J connectivity index is 1.46. The Morgan fingerprint density at radius 3 is 2.07 bits per heavy atom. The number of hydrogen-bond donors (Lipinski definition) is 0. The fourth-order valence-corrected chi connectivity index (χ4v) is 3.98. The third-order valence-electron chi connectivity index (χ3n) is 5.92. The fraction of sp³-hybridized carbons (Fsp3) is 0.0312. The summed E-state index contributed by atoms with van der Waals surface area (Å²) in [7, 11) is 0. The Morgan fingerprint density at radius 1 is 0.829 bits per heavy atom. The molecule has 0 saturated heterocycles. The molecular weight excluding hydrogens is 535 g/mol. The van der Waals surface area contributed by atoms with Gasteiger partial charge < -0.3 is 13.9 Å². The van der Waals surface area contributed by atoms with Crippen LogP contribution in [-0.2, 0) is 11.0 Å². The van der Waals surface area contributed by atoms with Gasteiger partial charge in [0.05, 0.1) is 5.39 Å². The van der Waals surface area contributed by atoms with Gasteiger partial charge in [0.15, 0.2) is 0 Å². The van der Waals surface area contributed by atoms with E-state index in [2.05, 4.69) is 0 Å². The molecule has 4 aromatic carbocycles. The molecule has 0 aliphatic rings. The predicted molar refractivity (Wildman–Crippen MR) is 145 cm³/mol. The van der Waals surface area contributed by atoms with Crippen LogP contribution < -0.4 is 14.9 Å². The Hall–Kier alpha value is -5.62. The highest BCUT2D eigenvalue weighted by molar-refractivity contribution is 5.99. The van der Waals surface area contributed by atoms with Crippen molar-refractivity contribution in [2.24, 2.45) is 0 Å². The van der Waals surface area contributed by atoms with E-state index in [1.54, 1.807) is 48.5 Å². The second kappa shape index (κ2) is 11.2. The molecule has 0 bridgehead atoms. The largest absolute Gasteiger partial charge is 0.453 e. The van der Waals surface area contributed by atoms with Gasteiger partial charge in [0.25, 0.3) is 5.76 Å². The lowest BCUT2D eigenvalue weighted by Crippen LogP contribution is -2.16. The van der Waals surface area contributed by atoms with Crippen LogP contribution in [-0.4, -0.2) is 5.97 Å². The molecule has 0 atom stereocenters. The molecule has 0 fully saturated rings. The van der Waals surface area contributed by atoms with E-state index in [9.17, 15) is 28.0 Å². The molecular formula is C32H18F3NO5. The molecule has 0 amide bonds. The quantitative estimate of drug-likeness (QED) is 0.0923. The number of benzene rings is 4. The normalized spacial score (nSPS) is 11.6. The van der Waals surface area contributed by atoms with Gasteiger partial charge in [-0.05, 0) is 47.0 Å². The Morgan fingerprint density at radius 2 is 1.44 bits per heavy atom. The molecule has 0 N–H and O–H groups in total. The van der Waals surface area contributed by atoms with Crippen LogP contribution in [0.3, 0.4) is 0 Å². The minimum absolute atomic E-state index is 0.00150. The monoisotopic (exact) mass is 553 g/mol. The standard InChI is InChI=1S/C32H18F3NO5/c33-32(34,35)30-29(39-24-13-11-22(12-14-24)21-9-5-2-6-10-21)28(37)26-16-15-25(18-27(26)41-30)40-31(38)23(19-36)17-20-7-3-1-4-8-20/h1-18H. The average Bonchev–Trinajstić information content (AvgIpc) is 2.98. The van der Waals surface area contributed by atoms with Crippen molar-refractivity contribution in [2.75, 3.05) is 0 Å². The fourth-order valence-electron chi connectivity index (χ4n) is 3.98. The van der Waals surface area contributed by atoms with E-state index in [1.807, 2.05) is 30.3 Å². The Kier molecular flexibility index (Phi) is 7.39. The SMILES string of the molecule is N#CC(=Cc1ccccc1)C(=O)Oc1ccc2c(=O)c(Oc3ccc(-c4ccccc4)cc3)c(C(F)(F)F)oc2c1. The van der Waals surface area contributed by atoms with E-state index >= 15 is 0 Å². The van der Waals surface area contributed by atoms with Crippen molar-refractivity contribution < 1.29 is 31.9 Å². The van der Waals surface area contributed by atoms with Gasteiger partial charge in [0.2, 0.25) is 11.2 Å². The van der Waals surface area contributed by atoms with E-state index in [0.717, 1.165) is 23.3 Å². The second-order valence-electron chi connectivity index (χ2n) is 8.71. The zero-order valence-corrected chi connectivity index (χ0v) is 21.0. The van der Waals surface area contributed by atoms with Gasteiger partial charge in [-0.25, -0.2) is 4.79 Å². The van der Waals surface area contributed by atoms with Crippen LogP contribution in [0.25, 0.3) is 28.2 Å². The maximum Gasteiger partial charge on any atom is 0.453 e. The second-order valence-corrected chi connectivity index (χ2v) is 8.71. The number of alkyl halides is 3. The minimum atomic E-state index is -5.08. The molecule has 1 aromatic heterocycles. The molecule has 5 aromatic rings. The molecule has 6 nitrogen and oxygen atoms in total. The summed E-state index contributed by atoms with van der Waals surface area (Å²) in [6.07, 6.45) is -3.77. The molecule has 5 rings (SSSR count). The maximum atomic E-state index is 14.0. The molecule has 202 valence electrons. The van der Waals surface area contributed by atoms with E-state index < -0.39 is 34.7 Å². The maximum absolute atomic E-state index is 14.0. The van der Waals surface area contributed by atoms with Crippen LogP contribution in [0.2, 0.25) is 0 Å². The predicted octanol–water partition coefficient (Wildman–Crippen LogP) is 7.78. The molecule has 0 aliphatic carbocycles. The zero-order valence-electron chi connectivity index (χ0n) is 21.0. The van der Waals surface area contributed by atoms with Crippen molar-refractivity contribution in [3.8, 4) is 34.4 Å². The van der Waals surface area contributed by atoms with Gasteiger partial charge >= 0.3 is 12.1 Å². The van der Waals surface area contributed by atoms with Crippen LogP contribution in [0.1, 0.15) is 11.3 Å². The van der Waals surface area contributed by atoms with Gasteiger partial charge in [-0.2, -0.15) is 18.4 Å². The van der Waals surface area contributed by atoms with E-state index in [-0.39, 0.29) is 22.5 Å². The van der Waals surface area contributed by atoms with Crippen LogP contribution in [0.4, 0.5) is 13.2 Å². The molecule has 0 saturated carbocycles. The molecule has 1 heterocycles. The minimum Gasteiger partial charge on any atom is -0.449 e. The number of ether oxygens (including phenoxy) is 2. The van der Waals surface area contributed by atoms with Crippen LogP contribution in [0.15, 0.2) is 118 Å². The molecule has 41 heavy (non-hydrogen) atoms. The highest BCUT2D eigenvalue weighted by Gasteiger charge is 2.40. The Bertz CT molecular complexity index is 1850. The summed E-state index contributed by atoms with van der Waals surface area (Å²) < 4.78 is 57.6. The number of rotatable bonds is 6. The summed E-state index contributed by atoms with van der Waals surface area (Å²) >= 11 is 0. The summed E-state index contributed by atoms with van der Waals surface area (Å²) in [5.74, 6) is -3.93. The summed E-state index contributed by atoms with van der Waals surface area (Å²) in [5, 5.41) is 9.15. The van der Waals surface area contributed by atoms with Gasteiger partial charge in [-0.3, -0.25) is 4.79 Å². The first-order valence-corrected chi connectivity index (χ1v) is 12.1. The summed E-state index contributed by atoms with van der Waals surface area (Å²) in [6.45, 7) is 0. The topological polar surface area (TPSA) is 89.5 Å². The number of nitriles is 1. The smallest absolute Gasteiger partial charge is 0.449 e. The van der Waals surface area contributed by atoms with E-state index in [1.165, 1.54) is 24.3 Å². The lowest BCUT2D eigenvalue weighted by Gasteiger charge is -2.14. The van der Waals surface area contributed by atoms with Crippen molar-refractivity contribution in [3.05, 3.63) is 130 Å². The van der Waals surface area contributed by atoms with Crippen LogP contribution >= 0.6 is 0 Å². The number of nitrogens with zero attached hydrogens (tertiary/aromatic N) is 1. The summed E-state index contributed by atoms with van der Waals surface area (Å²) in [5.41, 5.74) is 0.391. The van der Waals surface area contributed by atoms with Crippen LogP contribution in [0.5, 0.6) is 17.2 Å². The van der Waals surface area contributed by atoms with Gasteiger partial charge in [0.1, 0.15) is 28.7 Å². The van der Waals surface area contributed by atoms with E-state index in [0.29, 0.717) is 5.56 Å². The highest BCUT2D eigenvalue weighted by atomic mass is 19.4. The molecule has 0 aliphatic heterocycles. The van der Waals surface area contributed by atoms with Crippen molar-refractivity contribution in [1.29, 1.82) is 5.26 Å². The molecule has 0 radical (unpaired) electrons. The molecule has 0 unspecified atom stereocenters. The number of carbonyl (C=O) groups excluding carboxylic acids is 1. The highest BCUT2D eigenvalue weighted by Crippen LogP contribution is 2.39. The van der Waals surface area contributed by atoms with Crippen molar-refractivity contribution in [2.45, 2.75) is 6.18 Å². The zero-order chi connectivity index (χ0) is 29.0. The van der Waals surface area contributed by atoms with Crippen molar-refractivity contribution in [1.82, 2.24) is 0 Å². The molecule has 0 spiro atoms. The number of halogens is 3. The molecule has 9 heteroatoms.